The highest BCUT2D eigenvalue weighted by atomic mass is 32.2. The Labute approximate surface area is 127 Å². The van der Waals surface area contributed by atoms with Gasteiger partial charge in [0.15, 0.2) is 0 Å². The van der Waals surface area contributed by atoms with Crippen LogP contribution in [0, 0.1) is 5.41 Å². The molecule has 1 aromatic rings. The fraction of sp³-hybridized carbons (Fsp3) is 0.600. The Kier molecular flexibility index (Phi) is 4.95. The van der Waals surface area contributed by atoms with Crippen LogP contribution < -0.4 is 15.2 Å². The number of hydrogen-bond donors (Lipinski definition) is 2. The van der Waals surface area contributed by atoms with Gasteiger partial charge < -0.3 is 10.5 Å². The fourth-order valence-electron chi connectivity index (χ4n) is 2.66. The second-order valence-corrected chi connectivity index (χ2v) is 8.81. The van der Waals surface area contributed by atoms with Crippen LogP contribution in [0.1, 0.15) is 41.0 Å². The lowest BCUT2D eigenvalue weighted by atomic mass is 9.82. The molecule has 1 rings (SSSR count). The molecule has 3 N–H and O–H groups in total. The predicted octanol–water partition coefficient (Wildman–Crippen LogP) is 2.77. The number of hydrogen-bond acceptors (Lipinski definition) is 4. The molecule has 0 atom stereocenters. The fourth-order valence-corrected chi connectivity index (χ4v) is 4.11. The van der Waals surface area contributed by atoms with E-state index in [-0.39, 0.29) is 10.3 Å². The monoisotopic (exact) mass is 314 g/mol. The van der Waals surface area contributed by atoms with E-state index >= 15 is 0 Å². The number of nitrogens with two attached hydrogens (primary N) is 1. The highest BCUT2D eigenvalue weighted by molar-refractivity contribution is 7.89. The van der Waals surface area contributed by atoms with Crippen molar-refractivity contribution < 1.29 is 13.2 Å². The van der Waals surface area contributed by atoms with Gasteiger partial charge in [-0.1, -0.05) is 20.8 Å². The summed E-state index contributed by atoms with van der Waals surface area (Å²) >= 11 is 0. The Morgan fingerprint density at radius 3 is 2.19 bits per heavy atom. The summed E-state index contributed by atoms with van der Waals surface area (Å²) in [7, 11) is -2.13. The molecule has 5 nitrogen and oxygen atoms in total. The van der Waals surface area contributed by atoms with Crippen molar-refractivity contribution in [1.82, 2.24) is 4.72 Å². The number of ether oxygens (including phenoxy) is 1. The van der Waals surface area contributed by atoms with E-state index in [4.69, 9.17) is 10.5 Å². The maximum Gasteiger partial charge on any atom is 0.241 e. The topological polar surface area (TPSA) is 81.4 Å². The van der Waals surface area contributed by atoms with Gasteiger partial charge in [-0.3, -0.25) is 0 Å². The van der Waals surface area contributed by atoms with Crippen LogP contribution in [0.15, 0.2) is 23.1 Å². The summed E-state index contributed by atoms with van der Waals surface area (Å²) in [5.74, 6) is 0.461. The molecule has 0 unspecified atom stereocenters. The zero-order valence-electron chi connectivity index (χ0n) is 13.6. The zero-order valence-corrected chi connectivity index (χ0v) is 14.5. The van der Waals surface area contributed by atoms with Gasteiger partial charge in [0.2, 0.25) is 10.0 Å². The molecule has 0 spiro atoms. The minimum atomic E-state index is -3.62. The molecule has 0 saturated heterocycles. The first-order valence-corrected chi connectivity index (χ1v) is 8.32. The highest BCUT2D eigenvalue weighted by Gasteiger charge is 2.30. The SMILES string of the molecule is COc1ccc(S(=O)(=O)NC(C)(C)CC(C)(C)C)cc1N. The van der Waals surface area contributed by atoms with Crippen molar-refractivity contribution in [1.29, 1.82) is 0 Å². The smallest absolute Gasteiger partial charge is 0.241 e. The summed E-state index contributed by atoms with van der Waals surface area (Å²) < 4.78 is 32.7. The van der Waals surface area contributed by atoms with Gasteiger partial charge in [0.1, 0.15) is 5.75 Å². The number of sulfonamides is 1. The number of nitrogen functional groups attached to an aromatic ring is 1. The Bertz CT molecular complexity index is 602. The first-order valence-electron chi connectivity index (χ1n) is 6.84. The van der Waals surface area contributed by atoms with Crippen molar-refractivity contribution in [2.24, 2.45) is 5.41 Å². The zero-order chi connectivity index (χ0) is 16.5. The van der Waals surface area contributed by atoms with Crippen LogP contribution in [0.2, 0.25) is 0 Å². The maximum absolute atomic E-state index is 12.5. The molecule has 0 heterocycles. The van der Waals surface area contributed by atoms with E-state index in [0.717, 1.165) is 0 Å². The van der Waals surface area contributed by atoms with E-state index in [0.29, 0.717) is 17.9 Å². The summed E-state index contributed by atoms with van der Waals surface area (Å²) in [6, 6.07) is 4.46. The van der Waals surface area contributed by atoms with E-state index in [1.54, 1.807) is 6.07 Å². The van der Waals surface area contributed by atoms with Gasteiger partial charge in [0.05, 0.1) is 17.7 Å². The van der Waals surface area contributed by atoms with Gasteiger partial charge in [-0.05, 0) is 43.9 Å². The minimum Gasteiger partial charge on any atom is -0.495 e. The largest absolute Gasteiger partial charge is 0.495 e. The molecule has 0 amide bonds. The number of benzene rings is 1. The van der Waals surface area contributed by atoms with Crippen LogP contribution in [0.5, 0.6) is 5.75 Å². The quantitative estimate of drug-likeness (QED) is 0.819. The van der Waals surface area contributed by atoms with Crippen LogP contribution in [0.25, 0.3) is 0 Å². The molecule has 0 aromatic heterocycles. The highest BCUT2D eigenvalue weighted by Crippen LogP contribution is 2.29. The average Bonchev–Trinajstić information content (AvgIpc) is 2.23. The molecule has 0 bridgehead atoms. The van der Waals surface area contributed by atoms with Crippen LogP contribution in [-0.4, -0.2) is 21.1 Å². The molecule has 0 radical (unpaired) electrons. The Balaban J connectivity index is 3.04. The van der Waals surface area contributed by atoms with Gasteiger partial charge in [-0.25, -0.2) is 13.1 Å². The van der Waals surface area contributed by atoms with Gasteiger partial charge in [0, 0.05) is 5.54 Å². The molecule has 0 aliphatic rings. The normalized spacial score (nSPS) is 13.2. The van der Waals surface area contributed by atoms with Gasteiger partial charge >= 0.3 is 0 Å². The second-order valence-electron chi connectivity index (χ2n) is 7.13. The Morgan fingerprint density at radius 1 is 1.19 bits per heavy atom. The molecule has 0 fully saturated rings. The van der Waals surface area contributed by atoms with Crippen LogP contribution in [-0.2, 0) is 10.0 Å². The molecule has 21 heavy (non-hydrogen) atoms. The standard InChI is InChI=1S/C15H26N2O3S/c1-14(2,3)10-15(4,5)17-21(18,19)11-7-8-13(20-6)12(16)9-11/h7-9,17H,10,16H2,1-6H3. The molecule has 0 saturated carbocycles. The van der Waals surface area contributed by atoms with Crippen LogP contribution >= 0.6 is 0 Å². The summed E-state index contributed by atoms with van der Waals surface area (Å²) in [4.78, 5) is 0.141. The number of methoxy groups -OCH3 is 1. The minimum absolute atomic E-state index is 0.0188. The van der Waals surface area contributed by atoms with Crippen molar-refractivity contribution in [2.45, 2.75) is 51.5 Å². The average molecular weight is 314 g/mol. The van der Waals surface area contributed by atoms with Crippen molar-refractivity contribution in [3.8, 4) is 5.75 Å². The third-order valence-electron chi connectivity index (χ3n) is 2.89. The lowest BCUT2D eigenvalue weighted by Crippen LogP contribution is -2.45. The van der Waals surface area contributed by atoms with E-state index < -0.39 is 15.6 Å². The Hall–Kier alpha value is -1.27. The summed E-state index contributed by atoms with van der Waals surface area (Å²) in [6.07, 6.45) is 0.713. The van der Waals surface area contributed by atoms with Crippen molar-refractivity contribution in [2.75, 3.05) is 12.8 Å². The van der Waals surface area contributed by atoms with E-state index in [9.17, 15) is 8.42 Å². The maximum atomic E-state index is 12.5. The lowest BCUT2D eigenvalue weighted by molar-refractivity contribution is 0.269. The first kappa shape index (κ1) is 17.8. The third-order valence-corrected chi connectivity index (χ3v) is 4.59. The molecule has 120 valence electrons. The summed E-state index contributed by atoms with van der Waals surface area (Å²) in [5, 5.41) is 0. The van der Waals surface area contributed by atoms with Gasteiger partial charge in [-0.15, -0.1) is 0 Å². The van der Waals surface area contributed by atoms with Crippen molar-refractivity contribution in [3.05, 3.63) is 18.2 Å². The summed E-state index contributed by atoms with van der Waals surface area (Å²) in [5.41, 5.74) is 5.55. The van der Waals surface area contributed by atoms with E-state index in [1.165, 1.54) is 19.2 Å². The third kappa shape index (κ3) is 5.21. The van der Waals surface area contributed by atoms with Gasteiger partial charge in [0.25, 0.3) is 0 Å². The molecule has 1 aromatic carbocycles. The molecular weight excluding hydrogens is 288 g/mol. The second kappa shape index (κ2) is 5.85. The molecular formula is C15H26N2O3S. The summed E-state index contributed by atoms with van der Waals surface area (Å²) in [6.45, 7) is 9.99. The Morgan fingerprint density at radius 2 is 1.76 bits per heavy atom. The van der Waals surface area contributed by atoms with Crippen LogP contribution in [0.3, 0.4) is 0 Å². The number of rotatable bonds is 5. The first-order chi connectivity index (χ1) is 9.36. The van der Waals surface area contributed by atoms with Gasteiger partial charge in [-0.2, -0.15) is 0 Å². The predicted molar refractivity (Wildman–Crippen MR) is 85.9 cm³/mol. The lowest BCUT2D eigenvalue weighted by Gasteiger charge is -2.33. The molecule has 6 heteroatoms. The van der Waals surface area contributed by atoms with Crippen molar-refractivity contribution >= 4 is 15.7 Å². The number of anilines is 1. The van der Waals surface area contributed by atoms with Crippen LogP contribution in [0.4, 0.5) is 5.69 Å². The van der Waals surface area contributed by atoms with E-state index in [2.05, 4.69) is 25.5 Å². The van der Waals surface area contributed by atoms with Crippen molar-refractivity contribution in [3.63, 3.8) is 0 Å². The number of nitrogens with one attached hydrogen (secondary N) is 1. The van der Waals surface area contributed by atoms with E-state index in [1.807, 2.05) is 13.8 Å². The molecule has 0 aliphatic carbocycles. The molecule has 0 aliphatic heterocycles.